The summed E-state index contributed by atoms with van der Waals surface area (Å²) in [5.74, 6) is 2.51. The van der Waals surface area contributed by atoms with Gasteiger partial charge in [-0.1, -0.05) is 39.3 Å². The highest BCUT2D eigenvalue weighted by Gasteiger charge is 2.29. The number of methoxy groups -OCH3 is 2. The Morgan fingerprint density at radius 3 is 2.40 bits per heavy atom. The van der Waals surface area contributed by atoms with Gasteiger partial charge in [-0.2, -0.15) is 5.10 Å². The molecule has 0 bridgehead atoms. The first kappa shape index (κ1) is 36.8. The van der Waals surface area contributed by atoms with Crippen LogP contribution in [-0.4, -0.2) is 71.9 Å². The van der Waals surface area contributed by atoms with E-state index in [1.165, 1.54) is 0 Å². The average Bonchev–Trinajstić information content (AvgIpc) is 3.89. The monoisotopic (exact) mass is 646 g/mol. The first-order valence-corrected chi connectivity index (χ1v) is 16.3. The Morgan fingerprint density at radius 2 is 1.77 bits per heavy atom. The van der Waals surface area contributed by atoms with Crippen LogP contribution in [0.15, 0.2) is 60.7 Å². The van der Waals surface area contributed by atoms with Crippen LogP contribution in [0.2, 0.25) is 0 Å². The molecule has 2 atom stereocenters. The van der Waals surface area contributed by atoms with Gasteiger partial charge in [0, 0.05) is 22.7 Å². The number of fused-ring (bicyclic) bond motifs is 1. The molecule has 1 saturated heterocycles. The number of nitrogens with one attached hydrogen (secondary N) is 3. The van der Waals surface area contributed by atoms with Crippen molar-refractivity contribution in [3.63, 3.8) is 0 Å². The van der Waals surface area contributed by atoms with Gasteiger partial charge < -0.3 is 29.7 Å². The molecule has 6 rings (SSSR count). The van der Waals surface area contributed by atoms with E-state index in [-0.39, 0.29) is 17.9 Å². The van der Waals surface area contributed by atoms with Crippen LogP contribution in [0, 0.1) is 12.8 Å². The van der Waals surface area contributed by atoms with Crippen molar-refractivity contribution in [2.24, 2.45) is 5.92 Å². The van der Waals surface area contributed by atoms with Gasteiger partial charge in [0.1, 0.15) is 11.4 Å². The van der Waals surface area contributed by atoms with Crippen LogP contribution >= 0.6 is 0 Å². The van der Waals surface area contributed by atoms with Gasteiger partial charge in [0.05, 0.1) is 45.0 Å². The molecule has 11 nitrogen and oxygen atoms in total. The normalized spacial score (nSPS) is 16.6. The van der Waals surface area contributed by atoms with Crippen LogP contribution in [0.3, 0.4) is 0 Å². The van der Waals surface area contributed by atoms with Crippen molar-refractivity contribution in [1.29, 1.82) is 0 Å². The van der Waals surface area contributed by atoms with Gasteiger partial charge in [0.15, 0.2) is 5.82 Å². The summed E-state index contributed by atoms with van der Waals surface area (Å²) in [5, 5.41) is 14.4. The van der Waals surface area contributed by atoms with Gasteiger partial charge in [-0.05, 0) is 81.6 Å². The summed E-state index contributed by atoms with van der Waals surface area (Å²) in [6.45, 7) is 11.5. The lowest BCUT2D eigenvalue weighted by Crippen LogP contribution is -2.49. The molecule has 2 aromatic heterocycles. The Hall–Kier alpha value is -4.64. The van der Waals surface area contributed by atoms with Gasteiger partial charge in [0.25, 0.3) is 0 Å². The fraction of sp³-hybridized carbons (Fsp3) is 0.444. The first-order chi connectivity index (χ1) is 22.9. The van der Waals surface area contributed by atoms with Gasteiger partial charge in [-0.3, -0.25) is 14.7 Å². The molecule has 2 amide bonds. The van der Waals surface area contributed by atoms with Crippen LogP contribution in [0.1, 0.15) is 59.1 Å². The zero-order valence-corrected chi connectivity index (χ0v) is 28.7. The molecule has 3 N–H and O–H groups in total. The smallest absolute Gasteiger partial charge is 0.237 e. The van der Waals surface area contributed by atoms with E-state index in [2.05, 4.69) is 32.7 Å². The number of nitrogens with zero attached hydrogens (tertiary/aromatic N) is 3. The molecule has 0 spiro atoms. The van der Waals surface area contributed by atoms with E-state index >= 15 is 0 Å². The second kappa shape index (κ2) is 19.1. The number of carbonyl (C=O) groups excluding carboxylic acids is 2. The third-order valence-electron chi connectivity index (χ3n) is 7.57. The summed E-state index contributed by atoms with van der Waals surface area (Å²) in [7, 11) is 3.23. The van der Waals surface area contributed by atoms with Crippen LogP contribution in [0.5, 0.6) is 11.6 Å². The number of amides is 2. The maximum atomic E-state index is 11.4. The third-order valence-corrected chi connectivity index (χ3v) is 7.57. The largest absolute Gasteiger partial charge is 0.497 e. The number of pyridine rings is 1. The minimum atomic E-state index is 0.134. The highest BCUT2D eigenvalue weighted by atomic mass is 16.5. The highest BCUT2D eigenvalue weighted by molar-refractivity contribution is 5.94. The van der Waals surface area contributed by atoms with Crippen molar-refractivity contribution < 1.29 is 23.8 Å². The summed E-state index contributed by atoms with van der Waals surface area (Å²) in [6, 6.07) is 19.7. The molecule has 4 aromatic rings. The SMILES string of the molecule is CC.CCCC1COCC(C)N1C=O.COc1ccc(NC(=O)C2CC2)cc1.COc1nc(C)ccc1Nc1n[nH]c2ccccc12. The minimum absolute atomic E-state index is 0.134. The molecule has 0 radical (unpaired) electrons. The topological polar surface area (TPSA) is 131 Å². The number of hydrogen-bond donors (Lipinski definition) is 3. The Balaban J connectivity index is 0.000000192. The number of hydrogen-bond acceptors (Lipinski definition) is 8. The van der Waals surface area contributed by atoms with Crippen molar-refractivity contribution in [1.82, 2.24) is 20.1 Å². The maximum Gasteiger partial charge on any atom is 0.237 e. The van der Waals surface area contributed by atoms with Crippen molar-refractivity contribution in [3.8, 4) is 11.6 Å². The number of aromatic nitrogens is 3. The predicted octanol–water partition coefficient (Wildman–Crippen LogP) is 7.12. The fourth-order valence-corrected chi connectivity index (χ4v) is 4.90. The number of ether oxygens (including phenoxy) is 3. The van der Waals surface area contributed by atoms with Crippen molar-refractivity contribution >= 4 is 40.4 Å². The Kier molecular flexibility index (Phi) is 15.0. The van der Waals surface area contributed by atoms with Crippen LogP contribution in [0.25, 0.3) is 10.9 Å². The van der Waals surface area contributed by atoms with Crippen LogP contribution in [0.4, 0.5) is 17.2 Å². The number of aryl methyl sites for hydroxylation is 1. The number of rotatable bonds is 9. The molecule has 1 aliphatic heterocycles. The van der Waals surface area contributed by atoms with E-state index < -0.39 is 0 Å². The maximum absolute atomic E-state index is 11.4. The molecule has 47 heavy (non-hydrogen) atoms. The lowest BCUT2D eigenvalue weighted by molar-refractivity contribution is -0.131. The summed E-state index contributed by atoms with van der Waals surface area (Å²) >= 11 is 0. The number of carbonyl (C=O) groups is 2. The Bertz CT molecular complexity index is 1520. The van der Waals surface area contributed by atoms with E-state index in [1.807, 2.05) is 93.3 Å². The molecule has 2 fully saturated rings. The van der Waals surface area contributed by atoms with Crippen molar-refractivity contribution in [2.75, 3.05) is 38.1 Å². The molecular formula is C36H50N6O5. The quantitative estimate of drug-likeness (QED) is 0.164. The number of H-pyrrole nitrogens is 1. The van der Waals surface area contributed by atoms with Gasteiger partial charge >= 0.3 is 0 Å². The number of morpholine rings is 1. The summed E-state index contributed by atoms with van der Waals surface area (Å²) in [6.07, 6.45) is 5.16. The van der Waals surface area contributed by atoms with Gasteiger partial charge in [-0.25, -0.2) is 4.98 Å². The molecule has 2 aromatic carbocycles. The molecule has 254 valence electrons. The average molecular weight is 647 g/mol. The van der Waals surface area contributed by atoms with E-state index in [0.29, 0.717) is 25.1 Å². The molecule has 1 aliphatic carbocycles. The second-order valence-corrected chi connectivity index (χ2v) is 11.1. The van der Waals surface area contributed by atoms with Crippen LogP contribution in [-0.2, 0) is 14.3 Å². The number of para-hydroxylation sites is 1. The van der Waals surface area contributed by atoms with Gasteiger partial charge in [-0.15, -0.1) is 0 Å². The number of aromatic amines is 1. The Labute approximate surface area is 278 Å². The second-order valence-electron chi connectivity index (χ2n) is 11.1. The van der Waals surface area contributed by atoms with Crippen molar-refractivity contribution in [2.45, 2.75) is 72.4 Å². The summed E-state index contributed by atoms with van der Waals surface area (Å²) < 4.78 is 15.7. The summed E-state index contributed by atoms with van der Waals surface area (Å²) in [5.41, 5.74) is 3.53. The van der Waals surface area contributed by atoms with Gasteiger partial charge in [0.2, 0.25) is 18.2 Å². The van der Waals surface area contributed by atoms with Crippen LogP contribution < -0.4 is 20.1 Å². The lowest BCUT2D eigenvalue weighted by atomic mass is 10.1. The molecular weight excluding hydrogens is 596 g/mol. The lowest BCUT2D eigenvalue weighted by Gasteiger charge is -2.37. The number of anilines is 3. The molecule has 2 aliphatic rings. The number of benzene rings is 2. The molecule has 1 saturated carbocycles. The van der Waals surface area contributed by atoms with E-state index in [1.54, 1.807) is 14.2 Å². The minimum Gasteiger partial charge on any atom is -0.497 e. The predicted molar refractivity (Wildman–Crippen MR) is 187 cm³/mol. The Morgan fingerprint density at radius 1 is 1.04 bits per heavy atom. The molecule has 3 heterocycles. The van der Waals surface area contributed by atoms with Crippen molar-refractivity contribution in [3.05, 3.63) is 66.4 Å². The molecule has 11 heteroatoms. The van der Waals surface area contributed by atoms with E-state index in [0.717, 1.165) is 71.6 Å². The fourth-order valence-electron chi connectivity index (χ4n) is 4.90. The standard InChI is InChI=1S/C14H14N4O.C11H13NO2.C9H17NO2.C2H6/c1-9-7-8-12(14(15-9)19-2)16-13-10-5-3-4-6-11(10)17-18-13;1-14-10-6-4-9(5-7-10)12-11(13)8-2-3-8;1-3-4-9-6-12-5-8(2)10(9)7-11;1-2/h3-8H,1-2H3,(H2,16,17,18);4-8H,2-3H2,1H3,(H,12,13);7-9H,3-6H2,1-2H3;1-2H3. The van der Waals surface area contributed by atoms with E-state index in [9.17, 15) is 9.59 Å². The first-order valence-electron chi connectivity index (χ1n) is 16.3. The van der Waals surface area contributed by atoms with E-state index in [4.69, 9.17) is 14.2 Å². The zero-order chi connectivity index (χ0) is 34.2. The third kappa shape index (κ3) is 11.0. The molecule has 2 unspecified atom stereocenters. The summed E-state index contributed by atoms with van der Waals surface area (Å²) in [4.78, 5) is 28.3. The highest BCUT2D eigenvalue weighted by Crippen LogP contribution is 2.30. The zero-order valence-electron chi connectivity index (χ0n) is 28.7.